The van der Waals surface area contributed by atoms with Crippen molar-refractivity contribution in [2.24, 2.45) is 10.3 Å². The average Bonchev–Trinajstić information content (AvgIpc) is 2.96. The lowest BCUT2D eigenvalue weighted by Crippen LogP contribution is -2.43. The molecule has 4 aromatic rings. The highest BCUT2D eigenvalue weighted by Crippen LogP contribution is 2.37. The van der Waals surface area contributed by atoms with Crippen molar-refractivity contribution in [3.8, 4) is 11.5 Å². The smallest absolute Gasteiger partial charge is 0.252 e. The standard InChI is InChI=1S/C13H9ClFNO4S.C12H19FOSi.C7H5Cl2NO3S/c14-10-4-1-7(5-12(10)21(16,19)20)13(18)9-3-2-8(17)6-11(9)15;1-12(2,3)15(4,5)14-11-8-6-7-10(13)9-11;8-5-2-1-4(7(9)11)3-6(5)14(10,12)13/h1-6,17H,(H2,16,19,20);6-9H,1-5H3;1-3H,(H2,10,12,13). The summed E-state index contributed by atoms with van der Waals surface area (Å²) in [5.74, 6) is -1.61. The lowest BCUT2D eigenvalue weighted by Gasteiger charge is -2.36. The van der Waals surface area contributed by atoms with Crippen LogP contribution < -0.4 is 14.7 Å². The molecule has 0 heterocycles. The predicted octanol–water partition coefficient (Wildman–Crippen LogP) is 7.64. The van der Waals surface area contributed by atoms with Crippen molar-refractivity contribution in [1.82, 2.24) is 0 Å². The lowest BCUT2D eigenvalue weighted by molar-refractivity contribution is 0.103. The topological polar surface area (TPSA) is 184 Å². The van der Waals surface area contributed by atoms with Crippen LogP contribution in [0.15, 0.2) is 88.7 Å². The molecular formula is C32H33Cl3F2N2O8S2Si. The van der Waals surface area contributed by atoms with Gasteiger partial charge in [-0.15, -0.1) is 0 Å². The highest BCUT2D eigenvalue weighted by molar-refractivity contribution is 7.89. The van der Waals surface area contributed by atoms with Gasteiger partial charge in [0.25, 0.3) is 5.24 Å². The molecule has 0 fully saturated rings. The summed E-state index contributed by atoms with van der Waals surface area (Å²) in [5.41, 5.74) is -0.372. The van der Waals surface area contributed by atoms with Crippen LogP contribution in [-0.4, -0.2) is 41.3 Å². The zero-order valence-corrected chi connectivity index (χ0v) is 32.1. The number of primary sulfonamides is 2. The molecule has 0 amide bonds. The third-order valence-electron chi connectivity index (χ3n) is 7.14. The van der Waals surface area contributed by atoms with Gasteiger partial charge < -0.3 is 9.53 Å². The number of benzene rings is 4. The molecule has 0 aromatic heterocycles. The molecule has 0 aliphatic rings. The van der Waals surface area contributed by atoms with E-state index >= 15 is 0 Å². The van der Waals surface area contributed by atoms with Gasteiger partial charge in [-0.25, -0.2) is 35.9 Å². The van der Waals surface area contributed by atoms with Crippen LogP contribution in [0.3, 0.4) is 0 Å². The Morgan fingerprint density at radius 1 is 0.780 bits per heavy atom. The van der Waals surface area contributed by atoms with Crippen LogP contribution in [0, 0.1) is 11.6 Å². The van der Waals surface area contributed by atoms with Crippen molar-refractivity contribution >= 4 is 74.2 Å². The minimum Gasteiger partial charge on any atom is -0.543 e. The quantitative estimate of drug-likeness (QED) is 0.0967. The first kappa shape index (κ1) is 42.8. The Labute approximate surface area is 305 Å². The number of ketones is 1. The fourth-order valence-corrected chi connectivity index (χ4v) is 6.81. The number of phenols is 1. The number of halogens is 5. The Morgan fingerprint density at radius 3 is 1.72 bits per heavy atom. The van der Waals surface area contributed by atoms with Crippen LogP contribution in [0.5, 0.6) is 11.5 Å². The third-order valence-corrected chi connectivity index (χ3v) is 14.5. The van der Waals surface area contributed by atoms with E-state index in [9.17, 15) is 35.2 Å². The fraction of sp³-hybridized carbons (Fsp3) is 0.188. The number of carbonyl (C=O) groups excluding carboxylic acids is 2. The van der Waals surface area contributed by atoms with Crippen molar-refractivity contribution in [2.45, 2.75) is 48.7 Å². The van der Waals surface area contributed by atoms with Crippen LogP contribution in [-0.2, 0) is 20.0 Å². The maximum absolute atomic E-state index is 13.7. The predicted molar refractivity (Wildman–Crippen MR) is 192 cm³/mol. The molecule has 0 saturated heterocycles. The SMILES string of the molecule is CC(C)(C)[Si](C)(C)Oc1cccc(F)c1.NS(=O)(=O)c1cc(C(=O)Cl)ccc1Cl.NS(=O)(=O)c1cc(C(=O)c2ccc(O)cc2F)ccc1Cl. The first-order valence-corrected chi connectivity index (χ1v) is 21.2. The van der Waals surface area contributed by atoms with E-state index in [-0.39, 0.29) is 48.2 Å². The highest BCUT2D eigenvalue weighted by atomic mass is 35.5. The Balaban J connectivity index is 0.000000268. The van der Waals surface area contributed by atoms with Crippen LogP contribution in [0.25, 0.3) is 0 Å². The molecule has 5 N–H and O–H groups in total. The summed E-state index contributed by atoms with van der Waals surface area (Å²) < 4.78 is 77.2. The van der Waals surface area contributed by atoms with Gasteiger partial charge in [0.1, 0.15) is 32.9 Å². The molecule has 0 bridgehead atoms. The van der Waals surface area contributed by atoms with Gasteiger partial charge in [0.2, 0.25) is 28.4 Å². The zero-order chi connectivity index (χ0) is 38.4. The Bertz CT molecular complexity index is 2130. The molecule has 50 heavy (non-hydrogen) atoms. The van der Waals surface area contributed by atoms with E-state index in [0.717, 1.165) is 30.3 Å². The van der Waals surface area contributed by atoms with Crippen molar-refractivity contribution in [1.29, 1.82) is 0 Å². The van der Waals surface area contributed by atoms with E-state index in [2.05, 4.69) is 33.9 Å². The summed E-state index contributed by atoms with van der Waals surface area (Å²) in [6.07, 6.45) is 0. The second-order valence-corrected chi connectivity index (χ2v) is 20.9. The van der Waals surface area contributed by atoms with E-state index in [1.807, 2.05) is 6.07 Å². The number of phenolic OH excluding ortho intramolecular Hbond substituents is 1. The normalized spacial score (nSPS) is 11.8. The van der Waals surface area contributed by atoms with E-state index in [0.29, 0.717) is 5.75 Å². The first-order valence-electron chi connectivity index (χ1n) is 14.1. The third kappa shape index (κ3) is 12.1. The molecule has 270 valence electrons. The van der Waals surface area contributed by atoms with Crippen molar-refractivity contribution in [2.75, 3.05) is 0 Å². The lowest BCUT2D eigenvalue weighted by atomic mass is 10.0. The van der Waals surface area contributed by atoms with Crippen molar-refractivity contribution < 1.29 is 44.7 Å². The summed E-state index contributed by atoms with van der Waals surface area (Å²) in [6.45, 7) is 10.8. The van der Waals surface area contributed by atoms with Gasteiger partial charge in [0.15, 0.2) is 5.78 Å². The van der Waals surface area contributed by atoms with Gasteiger partial charge in [0.05, 0.1) is 15.6 Å². The van der Waals surface area contributed by atoms with Crippen LogP contribution >= 0.6 is 34.8 Å². The molecule has 4 aromatic carbocycles. The molecule has 4 rings (SSSR count). The summed E-state index contributed by atoms with van der Waals surface area (Å²) in [6, 6.07) is 16.4. The fourth-order valence-electron chi connectivity index (χ4n) is 3.53. The van der Waals surface area contributed by atoms with Crippen molar-refractivity contribution in [3.63, 3.8) is 0 Å². The van der Waals surface area contributed by atoms with Gasteiger partial charge in [-0.2, -0.15) is 0 Å². The summed E-state index contributed by atoms with van der Waals surface area (Å²) >= 11 is 16.4. The summed E-state index contributed by atoms with van der Waals surface area (Å²) in [4.78, 5) is 22.2. The molecular weight excluding hydrogens is 777 g/mol. The average molecular weight is 810 g/mol. The molecule has 0 radical (unpaired) electrons. The van der Waals surface area contributed by atoms with Crippen LogP contribution in [0.4, 0.5) is 8.78 Å². The minimum absolute atomic E-state index is 0.0279. The van der Waals surface area contributed by atoms with E-state index < -0.39 is 50.1 Å². The molecule has 0 atom stereocenters. The zero-order valence-electron chi connectivity index (χ0n) is 27.2. The van der Waals surface area contributed by atoms with Crippen LogP contribution in [0.2, 0.25) is 28.2 Å². The Morgan fingerprint density at radius 2 is 1.28 bits per heavy atom. The van der Waals surface area contributed by atoms with E-state index in [1.54, 1.807) is 6.07 Å². The number of aromatic hydroxyl groups is 1. The molecule has 0 unspecified atom stereocenters. The molecule has 18 heteroatoms. The first-order chi connectivity index (χ1) is 22.7. The second kappa shape index (κ2) is 16.7. The van der Waals surface area contributed by atoms with Gasteiger partial charge >= 0.3 is 0 Å². The minimum atomic E-state index is -4.11. The van der Waals surface area contributed by atoms with E-state index in [4.69, 9.17) is 54.6 Å². The van der Waals surface area contributed by atoms with Gasteiger partial charge in [-0.05, 0) is 90.4 Å². The number of nitrogens with two attached hydrogens (primary N) is 2. The monoisotopic (exact) mass is 808 g/mol. The summed E-state index contributed by atoms with van der Waals surface area (Å²) in [7, 11) is -9.87. The number of sulfonamides is 2. The van der Waals surface area contributed by atoms with Gasteiger partial charge in [-0.3, -0.25) is 9.59 Å². The Kier molecular flexibility index (Phi) is 14.3. The maximum atomic E-state index is 13.7. The Hall–Kier alpha value is -3.41. The van der Waals surface area contributed by atoms with Gasteiger partial charge in [0, 0.05) is 23.3 Å². The highest BCUT2D eigenvalue weighted by Gasteiger charge is 2.39. The largest absolute Gasteiger partial charge is 0.543 e. The molecule has 0 spiro atoms. The second-order valence-electron chi connectivity index (χ2n) is 12.0. The molecule has 0 saturated carbocycles. The maximum Gasteiger partial charge on any atom is 0.252 e. The van der Waals surface area contributed by atoms with E-state index in [1.165, 1.54) is 36.4 Å². The summed E-state index contributed by atoms with van der Waals surface area (Å²) in [5, 5.41) is 18.1. The number of rotatable bonds is 7. The van der Waals surface area contributed by atoms with Gasteiger partial charge in [-0.1, -0.05) is 50.0 Å². The number of hydrogen-bond donors (Lipinski definition) is 3. The number of carbonyl (C=O) groups is 2. The molecule has 10 nitrogen and oxygen atoms in total. The van der Waals surface area contributed by atoms with Crippen molar-refractivity contribution in [3.05, 3.63) is 117 Å². The number of hydrogen-bond acceptors (Lipinski definition) is 8. The molecule has 0 aliphatic carbocycles. The molecule has 0 aliphatic heterocycles. The van der Waals surface area contributed by atoms with Crippen LogP contribution in [0.1, 0.15) is 47.1 Å².